The number of carbonyl (C=O) groups excluding carboxylic acids is 4. The van der Waals surface area contributed by atoms with E-state index in [-0.39, 0.29) is 13.2 Å². The van der Waals surface area contributed by atoms with E-state index in [0.717, 1.165) is 11.1 Å². The smallest absolute Gasteiger partial charge is 0.338 e. The van der Waals surface area contributed by atoms with E-state index < -0.39 is 23.7 Å². The average molecular weight is 397 g/mol. The highest BCUT2D eigenvalue weighted by Gasteiger charge is 2.15. The lowest BCUT2D eigenvalue weighted by Gasteiger charge is -2.09. The maximum atomic E-state index is 12.0. The van der Waals surface area contributed by atoms with Gasteiger partial charge in [-0.25, -0.2) is 4.79 Å². The fourth-order valence-electron chi connectivity index (χ4n) is 2.36. The molecule has 0 aliphatic carbocycles. The van der Waals surface area contributed by atoms with Crippen LogP contribution in [0.4, 0.5) is 11.4 Å². The lowest BCUT2D eigenvalue weighted by molar-refractivity contribution is -0.136. The van der Waals surface area contributed by atoms with Gasteiger partial charge in [0.05, 0.1) is 18.7 Å². The van der Waals surface area contributed by atoms with E-state index in [4.69, 9.17) is 4.74 Å². The Morgan fingerprint density at radius 1 is 0.828 bits per heavy atom. The Kier molecular flexibility index (Phi) is 7.47. The molecule has 0 saturated carbocycles. The molecule has 2 aromatic carbocycles. The molecule has 8 nitrogen and oxygen atoms in total. The number of carbonyl (C=O) groups is 4. The van der Waals surface area contributed by atoms with Gasteiger partial charge in [0.25, 0.3) is 0 Å². The molecule has 0 heterocycles. The molecule has 29 heavy (non-hydrogen) atoms. The van der Waals surface area contributed by atoms with Gasteiger partial charge in [0.15, 0.2) is 0 Å². The van der Waals surface area contributed by atoms with Crippen molar-refractivity contribution in [3.63, 3.8) is 0 Å². The molecule has 0 atom stereocenters. The minimum absolute atomic E-state index is 0.272. The topological polar surface area (TPSA) is 114 Å². The third kappa shape index (κ3) is 6.46. The van der Waals surface area contributed by atoms with Crippen LogP contribution in [0.1, 0.15) is 28.4 Å². The van der Waals surface area contributed by atoms with Crippen LogP contribution in [0.5, 0.6) is 0 Å². The molecular weight excluding hydrogens is 374 g/mol. The van der Waals surface area contributed by atoms with E-state index in [9.17, 15) is 19.2 Å². The summed E-state index contributed by atoms with van der Waals surface area (Å²) in [4.78, 5) is 47.4. The summed E-state index contributed by atoms with van der Waals surface area (Å²) < 4.78 is 4.88. The fourth-order valence-corrected chi connectivity index (χ4v) is 2.36. The SMILES string of the molecule is CCOC(=O)c1ccc(NC(=O)CNC(=O)C(=O)Nc2ccc(C)c(C)c2)cc1. The molecule has 8 heteroatoms. The lowest BCUT2D eigenvalue weighted by atomic mass is 10.1. The number of esters is 1. The van der Waals surface area contributed by atoms with Gasteiger partial charge in [-0.3, -0.25) is 14.4 Å². The molecule has 0 spiro atoms. The second kappa shape index (κ2) is 10.0. The van der Waals surface area contributed by atoms with Gasteiger partial charge in [0.2, 0.25) is 5.91 Å². The summed E-state index contributed by atoms with van der Waals surface area (Å²) in [6.07, 6.45) is 0. The number of hydrogen-bond acceptors (Lipinski definition) is 5. The largest absolute Gasteiger partial charge is 0.462 e. The van der Waals surface area contributed by atoms with Gasteiger partial charge in [0, 0.05) is 11.4 Å². The van der Waals surface area contributed by atoms with Gasteiger partial charge < -0.3 is 20.7 Å². The molecule has 0 fully saturated rings. The molecule has 0 bridgehead atoms. The van der Waals surface area contributed by atoms with Crippen LogP contribution in [0.25, 0.3) is 0 Å². The van der Waals surface area contributed by atoms with Gasteiger partial charge in [0.1, 0.15) is 0 Å². The number of ether oxygens (including phenoxy) is 1. The van der Waals surface area contributed by atoms with E-state index in [0.29, 0.717) is 16.9 Å². The number of amides is 3. The summed E-state index contributed by atoms with van der Waals surface area (Å²) in [7, 11) is 0. The monoisotopic (exact) mass is 397 g/mol. The van der Waals surface area contributed by atoms with Crippen molar-refractivity contribution in [3.8, 4) is 0 Å². The van der Waals surface area contributed by atoms with Gasteiger partial charge in [-0.2, -0.15) is 0 Å². The van der Waals surface area contributed by atoms with Gasteiger partial charge in [-0.1, -0.05) is 6.07 Å². The highest BCUT2D eigenvalue weighted by molar-refractivity contribution is 6.39. The number of hydrogen-bond donors (Lipinski definition) is 3. The molecule has 3 amide bonds. The van der Waals surface area contributed by atoms with Crippen LogP contribution >= 0.6 is 0 Å². The van der Waals surface area contributed by atoms with Crippen molar-refractivity contribution < 1.29 is 23.9 Å². The van der Waals surface area contributed by atoms with Gasteiger partial charge in [-0.05, 0) is 68.3 Å². The summed E-state index contributed by atoms with van der Waals surface area (Å²) in [6.45, 7) is 5.45. The Hall–Kier alpha value is -3.68. The van der Waals surface area contributed by atoms with E-state index in [1.165, 1.54) is 12.1 Å². The molecule has 3 N–H and O–H groups in total. The molecule has 0 aromatic heterocycles. The van der Waals surface area contributed by atoms with E-state index in [2.05, 4.69) is 16.0 Å². The predicted molar refractivity (Wildman–Crippen MR) is 109 cm³/mol. The number of nitrogens with one attached hydrogen (secondary N) is 3. The maximum absolute atomic E-state index is 12.0. The summed E-state index contributed by atoms with van der Waals surface area (Å²) >= 11 is 0. The number of benzene rings is 2. The summed E-state index contributed by atoms with van der Waals surface area (Å²) in [5, 5.41) is 7.30. The van der Waals surface area contributed by atoms with Crippen LogP contribution < -0.4 is 16.0 Å². The van der Waals surface area contributed by atoms with Crippen LogP contribution in [0.2, 0.25) is 0 Å². The zero-order valence-corrected chi connectivity index (χ0v) is 16.5. The first kappa shape index (κ1) is 21.6. The lowest BCUT2D eigenvalue weighted by Crippen LogP contribution is -2.39. The molecule has 2 aromatic rings. The van der Waals surface area contributed by atoms with Crippen LogP contribution in [0.15, 0.2) is 42.5 Å². The fraction of sp³-hybridized carbons (Fsp3) is 0.238. The zero-order valence-electron chi connectivity index (χ0n) is 16.5. The Morgan fingerprint density at radius 2 is 1.48 bits per heavy atom. The predicted octanol–water partition coefficient (Wildman–Crippen LogP) is 2.17. The molecule has 0 saturated heterocycles. The first-order chi connectivity index (χ1) is 13.8. The van der Waals surface area contributed by atoms with Crippen LogP contribution in [-0.2, 0) is 19.1 Å². The summed E-state index contributed by atoms with van der Waals surface area (Å²) in [6, 6.07) is 11.4. The minimum atomic E-state index is -0.920. The third-order valence-corrected chi connectivity index (χ3v) is 4.06. The van der Waals surface area contributed by atoms with Crippen molar-refractivity contribution in [1.82, 2.24) is 5.32 Å². The van der Waals surface area contributed by atoms with Crippen molar-refractivity contribution >= 4 is 35.1 Å². The second-order valence-electron chi connectivity index (χ2n) is 6.28. The first-order valence-corrected chi connectivity index (χ1v) is 9.03. The number of rotatable bonds is 6. The van der Waals surface area contributed by atoms with E-state index in [1.807, 2.05) is 19.9 Å². The highest BCUT2D eigenvalue weighted by Crippen LogP contribution is 2.14. The second-order valence-corrected chi connectivity index (χ2v) is 6.28. The van der Waals surface area contributed by atoms with Gasteiger partial charge in [-0.15, -0.1) is 0 Å². The average Bonchev–Trinajstić information content (AvgIpc) is 2.69. The minimum Gasteiger partial charge on any atom is -0.462 e. The normalized spacial score (nSPS) is 10.0. The van der Waals surface area contributed by atoms with E-state index >= 15 is 0 Å². The molecule has 152 valence electrons. The van der Waals surface area contributed by atoms with Crippen molar-refractivity contribution in [1.29, 1.82) is 0 Å². The third-order valence-electron chi connectivity index (χ3n) is 4.06. The quantitative estimate of drug-likeness (QED) is 0.511. The molecule has 0 aliphatic heterocycles. The molecule has 2 rings (SSSR count). The van der Waals surface area contributed by atoms with Crippen LogP contribution in [0.3, 0.4) is 0 Å². The molecule has 0 unspecified atom stereocenters. The number of aryl methyl sites for hydroxylation is 2. The Balaban J connectivity index is 1.81. The van der Waals surface area contributed by atoms with Crippen molar-refractivity contribution in [2.24, 2.45) is 0 Å². The van der Waals surface area contributed by atoms with Crippen molar-refractivity contribution in [2.45, 2.75) is 20.8 Å². The Morgan fingerprint density at radius 3 is 2.10 bits per heavy atom. The molecular formula is C21H23N3O5. The number of anilines is 2. The standard InChI is InChI=1S/C21H23N3O5/c1-4-29-21(28)15-6-9-16(10-7-15)23-18(25)12-22-19(26)20(27)24-17-8-5-13(2)14(3)11-17/h5-11H,4,12H2,1-3H3,(H,22,26)(H,23,25)(H,24,27). The summed E-state index contributed by atoms with van der Waals surface area (Å²) in [5.74, 6) is -2.75. The Labute approximate surface area is 168 Å². The Bertz CT molecular complexity index is 922. The highest BCUT2D eigenvalue weighted by atomic mass is 16.5. The molecule has 0 aliphatic rings. The van der Waals surface area contributed by atoms with Crippen molar-refractivity contribution in [2.75, 3.05) is 23.8 Å². The summed E-state index contributed by atoms with van der Waals surface area (Å²) in [5.41, 5.74) is 3.36. The molecule has 0 radical (unpaired) electrons. The van der Waals surface area contributed by atoms with Crippen LogP contribution in [0, 0.1) is 13.8 Å². The van der Waals surface area contributed by atoms with E-state index in [1.54, 1.807) is 31.2 Å². The van der Waals surface area contributed by atoms with Crippen LogP contribution in [-0.4, -0.2) is 36.8 Å². The first-order valence-electron chi connectivity index (χ1n) is 9.03. The zero-order chi connectivity index (χ0) is 21.4. The van der Waals surface area contributed by atoms with Gasteiger partial charge >= 0.3 is 17.8 Å². The van der Waals surface area contributed by atoms with Crippen molar-refractivity contribution in [3.05, 3.63) is 59.2 Å². The maximum Gasteiger partial charge on any atom is 0.338 e.